The van der Waals surface area contributed by atoms with Gasteiger partial charge in [-0.25, -0.2) is 8.42 Å². The number of sulfonamides is 1. The highest BCUT2D eigenvalue weighted by atomic mass is 79.9. The summed E-state index contributed by atoms with van der Waals surface area (Å²) in [6.45, 7) is 3.78. The molecule has 0 heterocycles. The number of aryl methyl sites for hydroxylation is 2. The predicted octanol–water partition coefficient (Wildman–Crippen LogP) is 3.87. The number of hydrogen-bond donors (Lipinski definition) is 1. The van der Waals surface area contributed by atoms with Gasteiger partial charge in [-0.15, -0.1) is 0 Å². The molecular formula is C14H14BrNO2S. The van der Waals surface area contributed by atoms with E-state index in [2.05, 4.69) is 20.7 Å². The Morgan fingerprint density at radius 2 is 1.63 bits per heavy atom. The lowest BCUT2D eigenvalue weighted by Crippen LogP contribution is -2.13. The number of rotatable bonds is 3. The van der Waals surface area contributed by atoms with E-state index < -0.39 is 10.0 Å². The molecule has 0 unspecified atom stereocenters. The van der Waals surface area contributed by atoms with E-state index in [-0.39, 0.29) is 4.90 Å². The van der Waals surface area contributed by atoms with Gasteiger partial charge in [-0.1, -0.05) is 39.7 Å². The highest BCUT2D eigenvalue weighted by Gasteiger charge is 2.14. The topological polar surface area (TPSA) is 46.2 Å². The molecule has 1 N–H and O–H groups in total. The van der Waals surface area contributed by atoms with Crippen LogP contribution in [0.4, 0.5) is 5.69 Å². The summed E-state index contributed by atoms with van der Waals surface area (Å²) in [5.74, 6) is 0. The number of anilines is 1. The average molecular weight is 340 g/mol. The Balaban J connectivity index is 2.36. The van der Waals surface area contributed by atoms with Crippen molar-refractivity contribution in [3.05, 3.63) is 58.1 Å². The Morgan fingerprint density at radius 1 is 1.00 bits per heavy atom. The van der Waals surface area contributed by atoms with Crippen molar-refractivity contribution in [2.24, 2.45) is 0 Å². The minimum Gasteiger partial charge on any atom is -0.279 e. The fourth-order valence-electron chi connectivity index (χ4n) is 1.63. The first-order valence-electron chi connectivity index (χ1n) is 5.74. The van der Waals surface area contributed by atoms with Crippen molar-refractivity contribution in [3.63, 3.8) is 0 Å². The van der Waals surface area contributed by atoms with Crippen LogP contribution in [-0.2, 0) is 10.0 Å². The lowest BCUT2D eigenvalue weighted by Gasteiger charge is -2.11. The van der Waals surface area contributed by atoms with Gasteiger partial charge in [0.25, 0.3) is 10.0 Å². The van der Waals surface area contributed by atoms with Crippen LogP contribution in [0.2, 0.25) is 0 Å². The standard InChI is InChI=1S/C14H14BrNO2S/c1-10-3-7-13(8-4-10)19(17,18)16-14-9-12(15)6-5-11(14)2/h3-9,16H,1-2H3. The number of hydrogen-bond acceptors (Lipinski definition) is 2. The molecule has 0 atom stereocenters. The second-order valence-electron chi connectivity index (χ2n) is 4.38. The second kappa shape index (κ2) is 5.35. The summed E-state index contributed by atoms with van der Waals surface area (Å²) in [5.41, 5.74) is 2.48. The van der Waals surface area contributed by atoms with Gasteiger partial charge in [-0.05, 0) is 43.7 Å². The van der Waals surface area contributed by atoms with Crippen LogP contribution in [0.15, 0.2) is 51.8 Å². The molecule has 19 heavy (non-hydrogen) atoms. The van der Waals surface area contributed by atoms with Gasteiger partial charge in [-0.3, -0.25) is 4.72 Å². The Kier molecular flexibility index (Phi) is 3.96. The first-order valence-corrected chi connectivity index (χ1v) is 8.02. The fourth-order valence-corrected chi connectivity index (χ4v) is 3.11. The van der Waals surface area contributed by atoms with Crippen molar-refractivity contribution in [1.29, 1.82) is 0 Å². The Morgan fingerprint density at radius 3 is 2.26 bits per heavy atom. The molecule has 0 aliphatic carbocycles. The third-order valence-electron chi connectivity index (χ3n) is 2.78. The summed E-state index contributed by atoms with van der Waals surface area (Å²) in [5, 5.41) is 0. The van der Waals surface area contributed by atoms with Crippen LogP contribution >= 0.6 is 15.9 Å². The van der Waals surface area contributed by atoms with Crippen LogP contribution in [0.3, 0.4) is 0 Å². The molecule has 0 radical (unpaired) electrons. The van der Waals surface area contributed by atoms with Gasteiger partial charge >= 0.3 is 0 Å². The molecule has 0 aliphatic rings. The molecule has 0 fully saturated rings. The zero-order valence-electron chi connectivity index (χ0n) is 10.6. The fraction of sp³-hybridized carbons (Fsp3) is 0.143. The minimum atomic E-state index is -3.54. The third-order valence-corrected chi connectivity index (χ3v) is 4.65. The predicted molar refractivity (Wildman–Crippen MR) is 80.9 cm³/mol. The molecule has 0 saturated heterocycles. The van der Waals surface area contributed by atoms with Gasteiger partial charge in [0.2, 0.25) is 0 Å². The van der Waals surface area contributed by atoms with E-state index in [0.717, 1.165) is 15.6 Å². The minimum absolute atomic E-state index is 0.262. The highest BCUT2D eigenvalue weighted by molar-refractivity contribution is 9.10. The van der Waals surface area contributed by atoms with Crippen molar-refractivity contribution >= 4 is 31.6 Å². The molecule has 0 aliphatic heterocycles. The smallest absolute Gasteiger partial charge is 0.261 e. The molecule has 2 aromatic carbocycles. The van der Waals surface area contributed by atoms with E-state index in [4.69, 9.17) is 0 Å². The highest BCUT2D eigenvalue weighted by Crippen LogP contribution is 2.23. The van der Waals surface area contributed by atoms with Crippen molar-refractivity contribution < 1.29 is 8.42 Å². The van der Waals surface area contributed by atoms with Crippen molar-refractivity contribution in [1.82, 2.24) is 0 Å². The number of halogens is 1. The zero-order chi connectivity index (χ0) is 14.0. The molecular weight excluding hydrogens is 326 g/mol. The molecule has 5 heteroatoms. The van der Waals surface area contributed by atoms with E-state index in [1.165, 1.54) is 0 Å². The molecule has 0 amide bonds. The van der Waals surface area contributed by atoms with E-state index in [1.807, 2.05) is 26.0 Å². The maximum atomic E-state index is 12.2. The summed E-state index contributed by atoms with van der Waals surface area (Å²) in [6, 6.07) is 12.2. The van der Waals surface area contributed by atoms with Gasteiger partial charge in [-0.2, -0.15) is 0 Å². The van der Waals surface area contributed by atoms with Gasteiger partial charge in [0.1, 0.15) is 0 Å². The Labute approximate surface area is 121 Å². The normalized spacial score (nSPS) is 11.3. The van der Waals surface area contributed by atoms with Crippen LogP contribution in [0.1, 0.15) is 11.1 Å². The molecule has 3 nitrogen and oxygen atoms in total. The van der Waals surface area contributed by atoms with Gasteiger partial charge < -0.3 is 0 Å². The van der Waals surface area contributed by atoms with Crippen LogP contribution in [-0.4, -0.2) is 8.42 Å². The van der Waals surface area contributed by atoms with E-state index in [1.54, 1.807) is 30.3 Å². The van der Waals surface area contributed by atoms with Crippen molar-refractivity contribution in [2.75, 3.05) is 4.72 Å². The Bertz CT molecular complexity index is 694. The third kappa shape index (κ3) is 3.36. The van der Waals surface area contributed by atoms with E-state index in [9.17, 15) is 8.42 Å². The molecule has 100 valence electrons. The summed E-state index contributed by atoms with van der Waals surface area (Å²) < 4.78 is 27.9. The number of benzene rings is 2. The molecule has 2 aromatic rings. The summed E-state index contributed by atoms with van der Waals surface area (Å²) in [7, 11) is -3.54. The first kappa shape index (κ1) is 14.1. The quantitative estimate of drug-likeness (QED) is 0.922. The molecule has 0 bridgehead atoms. The molecule has 0 saturated carbocycles. The van der Waals surface area contributed by atoms with E-state index in [0.29, 0.717) is 5.69 Å². The SMILES string of the molecule is Cc1ccc(S(=O)(=O)Nc2cc(Br)ccc2C)cc1. The zero-order valence-corrected chi connectivity index (χ0v) is 13.0. The molecule has 0 aromatic heterocycles. The van der Waals surface area contributed by atoms with Crippen LogP contribution in [0, 0.1) is 13.8 Å². The molecule has 2 rings (SSSR count). The van der Waals surface area contributed by atoms with Crippen LogP contribution in [0.5, 0.6) is 0 Å². The number of nitrogens with one attached hydrogen (secondary N) is 1. The largest absolute Gasteiger partial charge is 0.279 e. The average Bonchev–Trinajstić information content (AvgIpc) is 2.34. The van der Waals surface area contributed by atoms with Crippen molar-refractivity contribution in [3.8, 4) is 0 Å². The van der Waals surface area contributed by atoms with Gasteiger partial charge in [0.15, 0.2) is 0 Å². The first-order chi connectivity index (χ1) is 8.88. The summed E-state index contributed by atoms with van der Waals surface area (Å²) in [4.78, 5) is 0.262. The summed E-state index contributed by atoms with van der Waals surface area (Å²) in [6.07, 6.45) is 0. The second-order valence-corrected chi connectivity index (χ2v) is 6.98. The Hall–Kier alpha value is -1.33. The van der Waals surface area contributed by atoms with Gasteiger partial charge in [0, 0.05) is 4.47 Å². The summed E-state index contributed by atoms with van der Waals surface area (Å²) >= 11 is 3.33. The lowest BCUT2D eigenvalue weighted by molar-refractivity contribution is 0.601. The van der Waals surface area contributed by atoms with E-state index >= 15 is 0 Å². The van der Waals surface area contributed by atoms with Crippen molar-refractivity contribution in [2.45, 2.75) is 18.7 Å². The monoisotopic (exact) mass is 339 g/mol. The van der Waals surface area contributed by atoms with Crippen LogP contribution in [0.25, 0.3) is 0 Å². The van der Waals surface area contributed by atoms with Crippen LogP contribution < -0.4 is 4.72 Å². The maximum Gasteiger partial charge on any atom is 0.261 e. The lowest BCUT2D eigenvalue weighted by atomic mass is 10.2. The molecule has 0 spiro atoms. The van der Waals surface area contributed by atoms with Gasteiger partial charge in [0.05, 0.1) is 10.6 Å². The maximum absolute atomic E-state index is 12.2.